The number of benzene rings is 1. The zero-order valence-electron chi connectivity index (χ0n) is 9.30. The van der Waals surface area contributed by atoms with Crippen LogP contribution in [0.1, 0.15) is 11.1 Å². The van der Waals surface area contributed by atoms with Gasteiger partial charge in [-0.2, -0.15) is 0 Å². The predicted octanol–water partition coefficient (Wildman–Crippen LogP) is -0.0518. The lowest BCUT2D eigenvalue weighted by Crippen LogP contribution is -2.47. The van der Waals surface area contributed by atoms with Crippen molar-refractivity contribution in [2.24, 2.45) is 0 Å². The van der Waals surface area contributed by atoms with Gasteiger partial charge in [0.15, 0.2) is 0 Å². The summed E-state index contributed by atoms with van der Waals surface area (Å²) in [4.78, 5) is 23.0. The standard InChI is InChI=1S/C11H11N3O4/c15-9-11(13-10(16)12-9)4-6-1-2-8(14(17)18)3-7(6)5-11/h1-3,17-18H,4-5H2,(H2,12,13,15,16). The molecule has 1 aromatic carbocycles. The quantitative estimate of drug-likeness (QED) is 0.413. The molecule has 1 saturated heterocycles. The molecule has 18 heavy (non-hydrogen) atoms. The van der Waals surface area contributed by atoms with E-state index in [9.17, 15) is 9.59 Å². The van der Waals surface area contributed by atoms with E-state index in [1.165, 1.54) is 6.07 Å². The molecule has 0 aromatic heterocycles. The van der Waals surface area contributed by atoms with Crippen LogP contribution < -0.4 is 15.9 Å². The highest BCUT2D eigenvalue weighted by atomic mass is 16.8. The molecule has 2 aliphatic rings. The summed E-state index contributed by atoms with van der Waals surface area (Å²) in [5, 5.41) is 22.8. The van der Waals surface area contributed by atoms with Gasteiger partial charge in [0.1, 0.15) is 5.54 Å². The minimum atomic E-state index is -0.923. The summed E-state index contributed by atoms with van der Waals surface area (Å²) in [5.41, 5.74) is 1.03. The summed E-state index contributed by atoms with van der Waals surface area (Å²) in [5.74, 6) is -0.338. The lowest BCUT2D eigenvalue weighted by molar-refractivity contribution is -0.123. The highest BCUT2D eigenvalue weighted by Crippen LogP contribution is 2.34. The maximum atomic E-state index is 11.8. The van der Waals surface area contributed by atoms with Crippen LogP contribution in [-0.2, 0) is 17.6 Å². The first-order chi connectivity index (χ1) is 8.50. The molecule has 3 amide bonds. The fraction of sp³-hybridized carbons (Fsp3) is 0.273. The van der Waals surface area contributed by atoms with Crippen molar-refractivity contribution < 1.29 is 20.0 Å². The molecule has 1 spiro atoms. The van der Waals surface area contributed by atoms with Gasteiger partial charge in [-0.3, -0.25) is 20.5 Å². The number of carbonyl (C=O) groups is 2. The first-order valence-electron chi connectivity index (χ1n) is 5.43. The zero-order chi connectivity index (χ0) is 12.9. The van der Waals surface area contributed by atoms with Crippen LogP contribution in [0.2, 0.25) is 0 Å². The largest absolute Gasteiger partial charge is 0.323 e. The number of hydrogen-bond acceptors (Lipinski definition) is 5. The Bertz CT molecular complexity index is 557. The average molecular weight is 249 g/mol. The predicted molar refractivity (Wildman–Crippen MR) is 59.3 cm³/mol. The number of amides is 3. The molecule has 1 aromatic rings. The minimum absolute atomic E-state index is 0.0264. The second kappa shape index (κ2) is 3.44. The Morgan fingerprint density at radius 1 is 1.17 bits per heavy atom. The Kier molecular flexibility index (Phi) is 2.10. The maximum absolute atomic E-state index is 11.8. The van der Waals surface area contributed by atoms with Crippen LogP contribution >= 0.6 is 0 Å². The smallest absolute Gasteiger partial charge is 0.322 e. The molecular weight excluding hydrogens is 238 g/mol. The Hall–Kier alpha value is -2.12. The number of anilines is 1. The summed E-state index contributed by atoms with van der Waals surface area (Å²) in [7, 11) is 0. The summed E-state index contributed by atoms with van der Waals surface area (Å²) >= 11 is 0. The van der Waals surface area contributed by atoms with Crippen LogP contribution in [0, 0.1) is 0 Å². The Morgan fingerprint density at radius 2 is 1.89 bits per heavy atom. The number of urea groups is 1. The third kappa shape index (κ3) is 1.45. The monoisotopic (exact) mass is 249 g/mol. The number of carbonyl (C=O) groups excluding carboxylic acids is 2. The molecule has 0 radical (unpaired) electrons. The number of nitrogens with one attached hydrogen (secondary N) is 2. The number of rotatable bonds is 1. The van der Waals surface area contributed by atoms with Crippen molar-refractivity contribution in [1.29, 1.82) is 0 Å². The normalized spacial score (nSPS) is 25.0. The molecule has 1 heterocycles. The van der Waals surface area contributed by atoms with Crippen LogP contribution in [0.25, 0.3) is 0 Å². The van der Waals surface area contributed by atoms with Gasteiger partial charge < -0.3 is 5.32 Å². The second-order valence-corrected chi connectivity index (χ2v) is 4.59. The van der Waals surface area contributed by atoms with Crippen molar-refractivity contribution in [1.82, 2.24) is 10.6 Å². The van der Waals surface area contributed by atoms with Gasteiger partial charge in [-0.15, -0.1) is 5.23 Å². The van der Waals surface area contributed by atoms with Crippen molar-refractivity contribution in [3.05, 3.63) is 29.3 Å². The molecule has 3 rings (SSSR count). The summed E-state index contributed by atoms with van der Waals surface area (Å²) < 4.78 is 0. The van der Waals surface area contributed by atoms with Gasteiger partial charge in [-0.05, 0) is 23.3 Å². The van der Waals surface area contributed by atoms with Gasteiger partial charge in [-0.1, -0.05) is 6.07 Å². The van der Waals surface area contributed by atoms with Crippen LogP contribution in [0.5, 0.6) is 0 Å². The highest BCUT2D eigenvalue weighted by molar-refractivity contribution is 6.07. The SMILES string of the molecule is O=C1NC(=O)C2(Cc3ccc(N(O)O)cc3C2)N1. The lowest BCUT2D eigenvalue weighted by Gasteiger charge is -2.18. The van der Waals surface area contributed by atoms with Gasteiger partial charge in [0.2, 0.25) is 0 Å². The van der Waals surface area contributed by atoms with Gasteiger partial charge in [0.25, 0.3) is 5.91 Å². The lowest BCUT2D eigenvalue weighted by atomic mass is 9.96. The Morgan fingerprint density at radius 3 is 2.50 bits per heavy atom. The molecular formula is C11H11N3O4. The number of hydrogen-bond donors (Lipinski definition) is 4. The number of imide groups is 1. The highest BCUT2D eigenvalue weighted by Gasteiger charge is 2.49. The number of fused-ring (bicyclic) bond motifs is 1. The van der Waals surface area contributed by atoms with Crippen molar-refractivity contribution in [3.63, 3.8) is 0 Å². The Labute approximate surface area is 102 Å². The van der Waals surface area contributed by atoms with Crippen molar-refractivity contribution in [3.8, 4) is 0 Å². The maximum Gasteiger partial charge on any atom is 0.322 e. The molecule has 1 unspecified atom stereocenters. The van der Waals surface area contributed by atoms with E-state index in [0.717, 1.165) is 11.1 Å². The van der Waals surface area contributed by atoms with E-state index in [-0.39, 0.29) is 16.8 Å². The van der Waals surface area contributed by atoms with E-state index in [1.54, 1.807) is 12.1 Å². The molecule has 1 fully saturated rings. The van der Waals surface area contributed by atoms with E-state index >= 15 is 0 Å². The Balaban J connectivity index is 1.96. The molecule has 7 heteroatoms. The topological polar surface area (TPSA) is 102 Å². The average Bonchev–Trinajstić information content (AvgIpc) is 2.78. The molecule has 1 aliphatic carbocycles. The first-order valence-corrected chi connectivity index (χ1v) is 5.43. The van der Waals surface area contributed by atoms with Gasteiger partial charge >= 0.3 is 6.03 Å². The summed E-state index contributed by atoms with van der Waals surface area (Å²) in [6.45, 7) is 0. The van der Waals surface area contributed by atoms with Crippen molar-refractivity contribution in [2.75, 3.05) is 5.23 Å². The summed E-state index contributed by atoms with van der Waals surface area (Å²) in [6.07, 6.45) is 0.763. The molecule has 1 atom stereocenters. The van der Waals surface area contributed by atoms with E-state index in [0.29, 0.717) is 12.8 Å². The number of nitrogens with zero attached hydrogens (tertiary/aromatic N) is 1. The van der Waals surface area contributed by atoms with Crippen LogP contribution in [0.15, 0.2) is 18.2 Å². The molecule has 94 valence electrons. The summed E-state index contributed by atoms with van der Waals surface area (Å²) in [6, 6.07) is 4.35. The fourth-order valence-corrected chi connectivity index (χ4v) is 2.56. The van der Waals surface area contributed by atoms with Crippen molar-refractivity contribution >= 4 is 17.6 Å². The molecule has 4 N–H and O–H groups in total. The molecule has 1 aliphatic heterocycles. The van der Waals surface area contributed by atoms with Crippen LogP contribution in [0.4, 0.5) is 10.5 Å². The third-order valence-electron chi connectivity index (χ3n) is 3.42. The fourth-order valence-electron chi connectivity index (χ4n) is 2.56. The van der Waals surface area contributed by atoms with E-state index in [2.05, 4.69) is 10.6 Å². The van der Waals surface area contributed by atoms with E-state index < -0.39 is 11.6 Å². The molecule has 0 saturated carbocycles. The zero-order valence-corrected chi connectivity index (χ0v) is 9.30. The van der Waals surface area contributed by atoms with Gasteiger partial charge in [-0.25, -0.2) is 4.79 Å². The van der Waals surface area contributed by atoms with Crippen molar-refractivity contribution in [2.45, 2.75) is 18.4 Å². The van der Waals surface area contributed by atoms with Crippen LogP contribution in [-0.4, -0.2) is 27.9 Å². The third-order valence-corrected chi connectivity index (χ3v) is 3.42. The van der Waals surface area contributed by atoms with Crippen LogP contribution in [0.3, 0.4) is 0 Å². The van der Waals surface area contributed by atoms with Gasteiger partial charge in [0.05, 0.1) is 5.69 Å². The van der Waals surface area contributed by atoms with Gasteiger partial charge in [0, 0.05) is 12.8 Å². The second-order valence-electron chi connectivity index (χ2n) is 4.59. The minimum Gasteiger partial charge on any atom is -0.323 e. The molecule has 0 bridgehead atoms. The van der Waals surface area contributed by atoms with E-state index in [4.69, 9.17) is 10.4 Å². The van der Waals surface area contributed by atoms with E-state index in [1.807, 2.05) is 0 Å². The molecule has 7 nitrogen and oxygen atoms in total. The first kappa shape index (κ1) is 11.0.